The molecule has 0 aromatic heterocycles. The van der Waals surface area contributed by atoms with E-state index in [1.807, 2.05) is 0 Å². The minimum atomic E-state index is -2.94. The highest BCUT2D eigenvalue weighted by Gasteiger charge is 2.21. The van der Waals surface area contributed by atoms with Gasteiger partial charge < -0.3 is 18.9 Å². The molecular formula is C29H22F2O7. The van der Waals surface area contributed by atoms with Crippen molar-refractivity contribution in [2.24, 2.45) is 0 Å². The largest absolute Gasteiger partial charge is 0.497 e. The number of carbonyl (C=O) groups is 3. The van der Waals surface area contributed by atoms with Crippen molar-refractivity contribution < 1.29 is 42.1 Å². The third kappa shape index (κ3) is 6.38. The normalized spacial score (nSPS) is 10.3. The van der Waals surface area contributed by atoms with Crippen molar-refractivity contribution in [2.45, 2.75) is 6.43 Å². The highest BCUT2D eigenvalue weighted by molar-refractivity contribution is 5.89. The van der Waals surface area contributed by atoms with Crippen LogP contribution in [0, 0.1) is 0 Å². The maximum Gasteiger partial charge on any atom is 0.335 e. The number of esters is 3. The quantitative estimate of drug-likeness (QED) is 0.178. The number of carbonyl (C=O) groups excluding carboxylic acids is 3. The van der Waals surface area contributed by atoms with Gasteiger partial charge in [-0.1, -0.05) is 31.9 Å². The van der Waals surface area contributed by atoms with Gasteiger partial charge in [-0.25, -0.2) is 23.2 Å². The SMILES string of the molecule is C=CC(=O)Oc1ccc(-c2ccc(-c3ccc(OC)cc3OC(=O)C=C)cc2C(F)F)c(OC(=O)C=C)c1. The molecule has 9 heteroatoms. The number of hydrogen-bond donors (Lipinski definition) is 0. The monoisotopic (exact) mass is 520 g/mol. The van der Waals surface area contributed by atoms with E-state index in [4.69, 9.17) is 18.9 Å². The van der Waals surface area contributed by atoms with Gasteiger partial charge in [0.15, 0.2) is 0 Å². The molecular weight excluding hydrogens is 498 g/mol. The summed E-state index contributed by atoms with van der Waals surface area (Å²) in [4.78, 5) is 35.4. The summed E-state index contributed by atoms with van der Waals surface area (Å²) in [6, 6.07) is 12.7. The van der Waals surface area contributed by atoms with E-state index < -0.39 is 29.9 Å². The highest BCUT2D eigenvalue weighted by atomic mass is 19.3. The summed E-state index contributed by atoms with van der Waals surface area (Å²) < 4.78 is 49.4. The molecule has 0 aliphatic rings. The minimum Gasteiger partial charge on any atom is -0.497 e. The van der Waals surface area contributed by atoms with Crippen LogP contribution < -0.4 is 18.9 Å². The van der Waals surface area contributed by atoms with E-state index in [1.54, 1.807) is 18.2 Å². The van der Waals surface area contributed by atoms with Gasteiger partial charge in [-0.2, -0.15) is 0 Å². The molecule has 0 unspecified atom stereocenters. The number of rotatable bonds is 10. The number of methoxy groups -OCH3 is 1. The number of hydrogen-bond acceptors (Lipinski definition) is 7. The van der Waals surface area contributed by atoms with E-state index in [1.165, 1.54) is 43.5 Å². The fourth-order valence-electron chi connectivity index (χ4n) is 3.44. The first-order chi connectivity index (χ1) is 18.2. The third-order valence-corrected chi connectivity index (χ3v) is 5.17. The molecule has 0 amide bonds. The summed E-state index contributed by atoms with van der Waals surface area (Å²) in [5, 5.41) is 0. The molecule has 0 aliphatic heterocycles. The van der Waals surface area contributed by atoms with Crippen LogP contribution in [-0.2, 0) is 14.4 Å². The summed E-state index contributed by atoms with van der Waals surface area (Å²) in [7, 11) is 1.43. The fourth-order valence-corrected chi connectivity index (χ4v) is 3.44. The van der Waals surface area contributed by atoms with E-state index in [0.717, 1.165) is 18.2 Å². The highest BCUT2D eigenvalue weighted by Crippen LogP contribution is 2.42. The van der Waals surface area contributed by atoms with Gasteiger partial charge in [0.1, 0.15) is 23.0 Å². The van der Waals surface area contributed by atoms with Crippen molar-refractivity contribution >= 4 is 17.9 Å². The predicted molar refractivity (Wildman–Crippen MR) is 136 cm³/mol. The molecule has 3 aromatic carbocycles. The van der Waals surface area contributed by atoms with Crippen LogP contribution >= 0.6 is 0 Å². The lowest BCUT2D eigenvalue weighted by molar-refractivity contribution is -0.130. The van der Waals surface area contributed by atoms with Gasteiger partial charge in [0.25, 0.3) is 6.43 Å². The maximum atomic E-state index is 14.3. The topological polar surface area (TPSA) is 88.1 Å². The van der Waals surface area contributed by atoms with Gasteiger partial charge >= 0.3 is 17.9 Å². The van der Waals surface area contributed by atoms with Gasteiger partial charge in [-0.05, 0) is 41.5 Å². The van der Waals surface area contributed by atoms with Gasteiger partial charge in [-0.15, -0.1) is 0 Å². The fraction of sp³-hybridized carbons (Fsp3) is 0.0690. The van der Waals surface area contributed by atoms with E-state index in [2.05, 4.69) is 19.7 Å². The second kappa shape index (κ2) is 12.3. The van der Waals surface area contributed by atoms with Crippen molar-refractivity contribution in [3.8, 4) is 45.3 Å². The van der Waals surface area contributed by atoms with Crippen LogP contribution in [0.1, 0.15) is 12.0 Å². The number of alkyl halides is 2. The molecule has 0 spiro atoms. The van der Waals surface area contributed by atoms with Crippen molar-refractivity contribution in [1.29, 1.82) is 0 Å². The van der Waals surface area contributed by atoms with Crippen LogP contribution in [0.4, 0.5) is 8.78 Å². The molecule has 0 N–H and O–H groups in total. The van der Waals surface area contributed by atoms with Crippen molar-refractivity contribution in [3.05, 3.63) is 98.1 Å². The average Bonchev–Trinajstić information content (AvgIpc) is 2.92. The van der Waals surface area contributed by atoms with Crippen LogP contribution in [0.25, 0.3) is 22.3 Å². The van der Waals surface area contributed by atoms with Crippen molar-refractivity contribution in [2.75, 3.05) is 7.11 Å². The second-order valence-electron chi connectivity index (χ2n) is 7.50. The first-order valence-electron chi connectivity index (χ1n) is 11.0. The van der Waals surface area contributed by atoms with E-state index in [0.29, 0.717) is 16.9 Å². The molecule has 0 saturated carbocycles. The zero-order valence-electron chi connectivity index (χ0n) is 20.2. The standard InChI is InChI=1S/C29H22F2O7/c1-5-26(32)36-19-10-13-22(25(16-19)38-28(34)7-3)21-11-8-17(14-23(21)29(30)31)20-12-9-18(35-4)15-24(20)37-27(33)6-2/h5-16,29H,1-3H2,4H3. The van der Waals surface area contributed by atoms with Gasteiger partial charge in [0, 0.05) is 47.1 Å². The van der Waals surface area contributed by atoms with E-state index in [-0.39, 0.29) is 28.4 Å². The van der Waals surface area contributed by atoms with Gasteiger partial charge in [0.2, 0.25) is 0 Å². The molecule has 0 heterocycles. The molecule has 0 radical (unpaired) electrons. The number of ether oxygens (including phenoxy) is 4. The van der Waals surface area contributed by atoms with Crippen LogP contribution in [-0.4, -0.2) is 25.0 Å². The lowest BCUT2D eigenvalue weighted by Crippen LogP contribution is -2.07. The Labute approximate surface area is 217 Å². The Morgan fingerprint density at radius 1 is 0.684 bits per heavy atom. The van der Waals surface area contributed by atoms with E-state index >= 15 is 0 Å². The van der Waals surface area contributed by atoms with Crippen LogP contribution in [0.3, 0.4) is 0 Å². The van der Waals surface area contributed by atoms with Crippen molar-refractivity contribution in [3.63, 3.8) is 0 Å². The van der Waals surface area contributed by atoms with Crippen LogP contribution in [0.2, 0.25) is 0 Å². The molecule has 7 nitrogen and oxygen atoms in total. The molecule has 3 aromatic rings. The Bertz CT molecular complexity index is 1430. The van der Waals surface area contributed by atoms with Crippen LogP contribution in [0.15, 0.2) is 92.6 Å². The minimum absolute atomic E-state index is 0.00707. The molecule has 0 bridgehead atoms. The number of halogens is 2. The van der Waals surface area contributed by atoms with E-state index in [9.17, 15) is 23.2 Å². The predicted octanol–water partition coefficient (Wildman–Crippen LogP) is 6.24. The molecule has 0 atom stereocenters. The maximum absolute atomic E-state index is 14.3. The Kier molecular flexibility index (Phi) is 8.89. The smallest absolute Gasteiger partial charge is 0.335 e. The summed E-state index contributed by atoms with van der Waals surface area (Å²) in [6.45, 7) is 10.0. The van der Waals surface area contributed by atoms with Crippen LogP contribution in [0.5, 0.6) is 23.0 Å². The molecule has 0 aliphatic carbocycles. The summed E-state index contributed by atoms with van der Waals surface area (Å²) >= 11 is 0. The molecule has 38 heavy (non-hydrogen) atoms. The van der Waals surface area contributed by atoms with Gasteiger partial charge in [-0.3, -0.25) is 0 Å². The first kappa shape index (κ1) is 27.5. The Hall–Kier alpha value is -5.05. The summed E-state index contributed by atoms with van der Waals surface area (Å²) in [5.41, 5.74) is 0.453. The lowest BCUT2D eigenvalue weighted by atomic mass is 9.94. The van der Waals surface area contributed by atoms with Crippen molar-refractivity contribution in [1.82, 2.24) is 0 Å². The Morgan fingerprint density at radius 2 is 1.18 bits per heavy atom. The lowest BCUT2D eigenvalue weighted by Gasteiger charge is -2.17. The zero-order chi connectivity index (χ0) is 27.8. The second-order valence-corrected chi connectivity index (χ2v) is 7.50. The molecule has 0 fully saturated rings. The number of benzene rings is 3. The zero-order valence-corrected chi connectivity index (χ0v) is 20.2. The Morgan fingerprint density at radius 3 is 1.76 bits per heavy atom. The summed E-state index contributed by atoms with van der Waals surface area (Å²) in [6.07, 6.45) is -0.127. The molecule has 0 saturated heterocycles. The third-order valence-electron chi connectivity index (χ3n) is 5.17. The van der Waals surface area contributed by atoms with Gasteiger partial charge in [0.05, 0.1) is 7.11 Å². The Balaban J connectivity index is 2.17. The average molecular weight is 520 g/mol. The molecule has 3 rings (SSSR count). The first-order valence-corrected chi connectivity index (χ1v) is 11.0. The summed E-state index contributed by atoms with van der Waals surface area (Å²) in [5.74, 6) is -2.01. The molecule has 194 valence electrons.